The van der Waals surface area contributed by atoms with Crippen molar-refractivity contribution in [3.63, 3.8) is 0 Å². The van der Waals surface area contributed by atoms with Gasteiger partial charge in [0.15, 0.2) is 5.96 Å². The molecule has 0 radical (unpaired) electrons. The van der Waals surface area contributed by atoms with E-state index in [2.05, 4.69) is 63.6 Å². The van der Waals surface area contributed by atoms with Gasteiger partial charge in [-0.2, -0.15) is 0 Å². The summed E-state index contributed by atoms with van der Waals surface area (Å²) in [5.74, 6) is 0.894. The van der Waals surface area contributed by atoms with Crippen molar-refractivity contribution >= 4 is 16.9 Å². The normalized spacial score (nSPS) is 18.2. The van der Waals surface area contributed by atoms with Crippen LogP contribution in [0.5, 0.6) is 0 Å². The van der Waals surface area contributed by atoms with Gasteiger partial charge in [0.25, 0.3) is 0 Å². The SMILES string of the molecule is CCNC(=NCC1CCCO1)NCCCn1ccc2ccccc21. The first-order valence-electron chi connectivity index (χ1n) is 9.04. The standard InChI is InChI=1S/C19H28N4O/c1-2-20-19(22-15-17-8-5-14-24-17)21-11-6-12-23-13-10-16-7-3-4-9-18(16)23/h3-4,7,9-10,13,17H,2,5-6,8,11-12,14-15H2,1H3,(H2,20,21,22). The average molecular weight is 328 g/mol. The molecule has 2 N–H and O–H groups in total. The fourth-order valence-electron chi connectivity index (χ4n) is 3.11. The molecule has 1 aliphatic heterocycles. The number of para-hydroxylation sites is 1. The van der Waals surface area contributed by atoms with Crippen LogP contribution in [0.15, 0.2) is 41.5 Å². The van der Waals surface area contributed by atoms with Gasteiger partial charge >= 0.3 is 0 Å². The highest BCUT2D eigenvalue weighted by Gasteiger charge is 2.14. The van der Waals surface area contributed by atoms with Gasteiger partial charge in [-0.05, 0) is 43.7 Å². The van der Waals surface area contributed by atoms with Crippen LogP contribution >= 0.6 is 0 Å². The molecule has 1 aromatic heterocycles. The molecule has 3 rings (SSSR count). The van der Waals surface area contributed by atoms with Crippen molar-refractivity contribution in [3.05, 3.63) is 36.5 Å². The number of hydrogen-bond acceptors (Lipinski definition) is 2. The Morgan fingerprint density at radius 2 is 2.21 bits per heavy atom. The maximum Gasteiger partial charge on any atom is 0.191 e. The van der Waals surface area contributed by atoms with Crippen LogP contribution in [0.3, 0.4) is 0 Å². The largest absolute Gasteiger partial charge is 0.376 e. The topological polar surface area (TPSA) is 50.6 Å². The lowest BCUT2D eigenvalue weighted by Gasteiger charge is -2.13. The van der Waals surface area contributed by atoms with Gasteiger partial charge < -0.3 is 19.9 Å². The predicted octanol–water partition coefficient (Wildman–Crippen LogP) is 2.77. The first kappa shape index (κ1) is 16.8. The smallest absolute Gasteiger partial charge is 0.191 e. The van der Waals surface area contributed by atoms with Crippen LogP contribution in [0.4, 0.5) is 0 Å². The molecule has 0 bridgehead atoms. The number of aryl methyl sites for hydroxylation is 1. The highest BCUT2D eigenvalue weighted by molar-refractivity contribution is 5.80. The molecule has 0 saturated carbocycles. The first-order valence-corrected chi connectivity index (χ1v) is 9.04. The van der Waals surface area contributed by atoms with E-state index in [1.54, 1.807) is 0 Å². The number of nitrogens with zero attached hydrogens (tertiary/aromatic N) is 2. The number of rotatable bonds is 7. The van der Waals surface area contributed by atoms with E-state index < -0.39 is 0 Å². The molecule has 130 valence electrons. The molecule has 5 heteroatoms. The van der Waals surface area contributed by atoms with Crippen molar-refractivity contribution in [3.8, 4) is 0 Å². The summed E-state index contributed by atoms with van der Waals surface area (Å²) in [5.41, 5.74) is 1.30. The first-order chi connectivity index (χ1) is 11.9. The molecule has 1 atom stereocenters. The van der Waals surface area contributed by atoms with Crippen molar-refractivity contribution < 1.29 is 4.74 Å². The number of benzene rings is 1. The van der Waals surface area contributed by atoms with Crippen LogP contribution in [-0.4, -0.2) is 42.9 Å². The molecule has 0 aliphatic carbocycles. The second-order valence-electron chi connectivity index (χ2n) is 6.20. The molecule has 5 nitrogen and oxygen atoms in total. The number of fused-ring (bicyclic) bond motifs is 1. The summed E-state index contributed by atoms with van der Waals surface area (Å²) in [6, 6.07) is 10.7. The van der Waals surface area contributed by atoms with Gasteiger partial charge in [-0.3, -0.25) is 4.99 Å². The lowest BCUT2D eigenvalue weighted by atomic mass is 10.2. The quantitative estimate of drug-likeness (QED) is 0.467. The van der Waals surface area contributed by atoms with Crippen LogP contribution in [0.1, 0.15) is 26.2 Å². The zero-order valence-electron chi connectivity index (χ0n) is 14.5. The Morgan fingerprint density at radius 1 is 1.29 bits per heavy atom. The summed E-state index contributed by atoms with van der Waals surface area (Å²) < 4.78 is 7.94. The molecular weight excluding hydrogens is 300 g/mol. The lowest BCUT2D eigenvalue weighted by molar-refractivity contribution is 0.117. The Morgan fingerprint density at radius 3 is 3.04 bits per heavy atom. The molecule has 2 heterocycles. The minimum absolute atomic E-state index is 0.298. The van der Waals surface area contributed by atoms with Gasteiger partial charge in [0.1, 0.15) is 0 Å². The van der Waals surface area contributed by atoms with Gasteiger partial charge in [0.05, 0.1) is 12.6 Å². The third kappa shape index (κ3) is 4.51. The molecule has 0 spiro atoms. The summed E-state index contributed by atoms with van der Waals surface area (Å²) in [5, 5.41) is 8.03. The Kier molecular flexibility index (Phi) is 6.13. The molecule has 1 aliphatic rings. The fraction of sp³-hybridized carbons (Fsp3) is 0.526. The molecule has 2 aromatic rings. The maximum absolute atomic E-state index is 5.63. The molecule has 0 amide bonds. The highest BCUT2D eigenvalue weighted by atomic mass is 16.5. The lowest BCUT2D eigenvalue weighted by Crippen LogP contribution is -2.38. The van der Waals surface area contributed by atoms with E-state index in [1.807, 2.05) is 0 Å². The van der Waals surface area contributed by atoms with E-state index in [0.717, 1.165) is 58.0 Å². The number of guanidine groups is 1. The summed E-state index contributed by atoms with van der Waals surface area (Å²) in [4.78, 5) is 4.64. The van der Waals surface area contributed by atoms with E-state index >= 15 is 0 Å². The number of ether oxygens (including phenoxy) is 1. The Bertz CT molecular complexity index is 658. The molecule has 1 saturated heterocycles. The zero-order valence-corrected chi connectivity index (χ0v) is 14.5. The van der Waals surface area contributed by atoms with Crippen molar-refractivity contribution in [2.24, 2.45) is 4.99 Å². The number of aliphatic imine (C=N–C) groups is 1. The van der Waals surface area contributed by atoms with E-state index in [4.69, 9.17) is 4.74 Å². The summed E-state index contributed by atoms with van der Waals surface area (Å²) in [6.45, 7) is 6.51. The van der Waals surface area contributed by atoms with Gasteiger partial charge in [0, 0.05) is 38.0 Å². The van der Waals surface area contributed by atoms with Crippen LogP contribution < -0.4 is 10.6 Å². The zero-order chi connectivity index (χ0) is 16.6. The van der Waals surface area contributed by atoms with Gasteiger partial charge in [-0.15, -0.1) is 0 Å². The summed E-state index contributed by atoms with van der Waals surface area (Å²) in [6.07, 6.45) is 5.81. The van der Waals surface area contributed by atoms with Crippen LogP contribution in [0.2, 0.25) is 0 Å². The molecule has 1 unspecified atom stereocenters. The number of hydrogen-bond donors (Lipinski definition) is 2. The Balaban J connectivity index is 1.45. The van der Waals surface area contributed by atoms with E-state index in [-0.39, 0.29) is 0 Å². The minimum atomic E-state index is 0.298. The molecule has 1 aromatic carbocycles. The maximum atomic E-state index is 5.63. The second kappa shape index (κ2) is 8.73. The van der Waals surface area contributed by atoms with Crippen molar-refractivity contribution in [2.75, 3.05) is 26.2 Å². The van der Waals surface area contributed by atoms with Crippen LogP contribution in [0.25, 0.3) is 10.9 Å². The highest BCUT2D eigenvalue weighted by Crippen LogP contribution is 2.15. The predicted molar refractivity (Wildman–Crippen MR) is 99.5 cm³/mol. The van der Waals surface area contributed by atoms with Crippen molar-refractivity contribution in [2.45, 2.75) is 38.8 Å². The third-order valence-corrected chi connectivity index (χ3v) is 4.37. The second-order valence-corrected chi connectivity index (χ2v) is 6.20. The third-order valence-electron chi connectivity index (χ3n) is 4.37. The van der Waals surface area contributed by atoms with E-state index in [9.17, 15) is 0 Å². The van der Waals surface area contributed by atoms with Crippen LogP contribution in [0, 0.1) is 0 Å². The van der Waals surface area contributed by atoms with Gasteiger partial charge in [0.2, 0.25) is 0 Å². The number of nitrogens with one attached hydrogen (secondary N) is 2. The van der Waals surface area contributed by atoms with Crippen LogP contribution in [-0.2, 0) is 11.3 Å². The van der Waals surface area contributed by atoms with Crippen molar-refractivity contribution in [1.29, 1.82) is 0 Å². The van der Waals surface area contributed by atoms with Gasteiger partial charge in [-0.25, -0.2) is 0 Å². The fourth-order valence-corrected chi connectivity index (χ4v) is 3.11. The molecule has 1 fully saturated rings. The minimum Gasteiger partial charge on any atom is -0.376 e. The van der Waals surface area contributed by atoms with E-state index in [0.29, 0.717) is 6.10 Å². The summed E-state index contributed by atoms with van der Waals surface area (Å²) >= 11 is 0. The van der Waals surface area contributed by atoms with Crippen molar-refractivity contribution in [1.82, 2.24) is 15.2 Å². The van der Waals surface area contributed by atoms with Gasteiger partial charge in [-0.1, -0.05) is 18.2 Å². The monoisotopic (exact) mass is 328 g/mol. The average Bonchev–Trinajstić information content (AvgIpc) is 3.26. The summed E-state index contributed by atoms with van der Waals surface area (Å²) in [7, 11) is 0. The number of aromatic nitrogens is 1. The Hall–Kier alpha value is -2.01. The Labute approximate surface area is 144 Å². The van der Waals surface area contributed by atoms with E-state index in [1.165, 1.54) is 10.9 Å². The molecular formula is C19H28N4O. The molecule has 24 heavy (non-hydrogen) atoms.